The van der Waals surface area contributed by atoms with Crippen LogP contribution in [-0.2, 0) is 9.59 Å². The fourth-order valence-corrected chi connectivity index (χ4v) is 2.89. The normalized spacial score (nSPS) is 13.8. The zero-order valence-electron chi connectivity index (χ0n) is 13.4. The van der Waals surface area contributed by atoms with Gasteiger partial charge in [-0.3, -0.25) is 14.5 Å². The van der Waals surface area contributed by atoms with Crippen molar-refractivity contribution in [1.82, 2.24) is 10.2 Å². The van der Waals surface area contributed by atoms with Crippen LogP contribution in [-0.4, -0.2) is 47.9 Å². The maximum absolute atomic E-state index is 13.0. The van der Waals surface area contributed by atoms with Gasteiger partial charge in [0.1, 0.15) is 18.9 Å². The third-order valence-electron chi connectivity index (χ3n) is 3.99. The van der Waals surface area contributed by atoms with Gasteiger partial charge in [-0.15, -0.1) is 0 Å². The highest BCUT2D eigenvalue weighted by molar-refractivity contribution is 5.95. The highest BCUT2D eigenvalue weighted by atomic mass is 19.1. The van der Waals surface area contributed by atoms with E-state index < -0.39 is 30.8 Å². The zero-order chi connectivity index (χ0) is 17.9. The van der Waals surface area contributed by atoms with Gasteiger partial charge in [0, 0.05) is 0 Å². The molecule has 0 aromatic heterocycles. The Bertz CT molecular complexity index is 765. The SMILES string of the molecule is CNC(C(=O)O)c1cccc2c(C(C(=O)O)N(C)CF)cccc12. The molecule has 0 aliphatic rings. The molecule has 0 aliphatic carbocycles. The van der Waals surface area contributed by atoms with Gasteiger partial charge in [0.25, 0.3) is 0 Å². The topological polar surface area (TPSA) is 89.9 Å². The Morgan fingerprint density at radius 3 is 2.08 bits per heavy atom. The molecule has 0 saturated heterocycles. The van der Waals surface area contributed by atoms with E-state index in [-0.39, 0.29) is 0 Å². The summed E-state index contributed by atoms with van der Waals surface area (Å²) in [7, 11) is 2.92. The van der Waals surface area contributed by atoms with Gasteiger partial charge in [-0.25, -0.2) is 4.39 Å². The average molecular weight is 334 g/mol. The van der Waals surface area contributed by atoms with Crippen LogP contribution >= 0.6 is 0 Å². The highest BCUT2D eigenvalue weighted by Crippen LogP contribution is 2.32. The molecule has 128 valence electrons. The number of hydrogen-bond donors (Lipinski definition) is 3. The van der Waals surface area contributed by atoms with E-state index in [0.29, 0.717) is 21.9 Å². The first-order valence-corrected chi connectivity index (χ1v) is 7.33. The van der Waals surface area contributed by atoms with Gasteiger partial charge >= 0.3 is 11.9 Å². The van der Waals surface area contributed by atoms with Gasteiger partial charge in [-0.2, -0.15) is 0 Å². The van der Waals surface area contributed by atoms with Crippen LogP contribution in [0, 0.1) is 0 Å². The van der Waals surface area contributed by atoms with Crippen LogP contribution in [0.3, 0.4) is 0 Å². The number of carboxylic acid groups (broad SMARTS) is 2. The number of hydrogen-bond acceptors (Lipinski definition) is 4. The monoisotopic (exact) mass is 334 g/mol. The van der Waals surface area contributed by atoms with Crippen molar-refractivity contribution in [1.29, 1.82) is 0 Å². The van der Waals surface area contributed by atoms with Crippen LogP contribution in [0.5, 0.6) is 0 Å². The second-order valence-electron chi connectivity index (χ2n) is 5.47. The number of aliphatic carboxylic acids is 2. The second-order valence-corrected chi connectivity index (χ2v) is 5.47. The summed E-state index contributed by atoms with van der Waals surface area (Å²) in [5.41, 5.74) is 0.943. The number of likely N-dealkylation sites (N-methyl/N-ethyl adjacent to an activating group) is 2. The molecule has 0 spiro atoms. The molecular weight excluding hydrogens is 315 g/mol. The lowest BCUT2D eigenvalue weighted by Gasteiger charge is -2.24. The summed E-state index contributed by atoms with van der Waals surface area (Å²) in [5, 5.41) is 22.8. The molecule has 0 radical (unpaired) electrons. The largest absolute Gasteiger partial charge is 0.480 e. The lowest BCUT2D eigenvalue weighted by Crippen LogP contribution is -2.30. The Morgan fingerprint density at radius 1 is 1.08 bits per heavy atom. The number of nitrogens with zero attached hydrogens (tertiary/aromatic N) is 1. The summed E-state index contributed by atoms with van der Waals surface area (Å²) in [5.74, 6) is -2.21. The van der Waals surface area contributed by atoms with E-state index in [9.17, 15) is 24.2 Å². The van der Waals surface area contributed by atoms with Gasteiger partial charge in [-0.05, 0) is 36.0 Å². The van der Waals surface area contributed by atoms with E-state index in [2.05, 4.69) is 5.32 Å². The highest BCUT2D eigenvalue weighted by Gasteiger charge is 2.27. The van der Waals surface area contributed by atoms with Crippen molar-refractivity contribution in [3.8, 4) is 0 Å². The van der Waals surface area contributed by atoms with Gasteiger partial charge in [-0.1, -0.05) is 36.4 Å². The van der Waals surface area contributed by atoms with Crippen LogP contribution in [0.1, 0.15) is 23.2 Å². The maximum atomic E-state index is 13.0. The van der Waals surface area contributed by atoms with Crippen LogP contribution in [0.25, 0.3) is 10.8 Å². The Balaban J connectivity index is 2.71. The molecule has 2 unspecified atom stereocenters. The third kappa shape index (κ3) is 3.22. The standard InChI is InChI=1S/C17H19FN2O4/c1-19-14(16(21)22)12-7-3-6-11-10(12)5-4-8-13(11)15(17(23)24)20(2)9-18/h3-8,14-15,19H,9H2,1-2H3,(H,21,22)(H,23,24). The van der Waals surface area contributed by atoms with Crippen LogP contribution < -0.4 is 5.32 Å². The second kappa shape index (κ2) is 7.37. The minimum Gasteiger partial charge on any atom is -0.480 e. The molecule has 0 aliphatic heterocycles. The Labute approximate surface area is 138 Å². The minimum atomic E-state index is -1.17. The van der Waals surface area contributed by atoms with Gasteiger partial charge < -0.3 is 15.5 Å². The summed E-state index contributed by atoms with van der Waals surface area (Å²) in [6.45, 7) is -0.915. The molecular formula is C17H19FN2O4. The smallest absolute Gasteiger partial charge is 0.325 e. The lowest BCUT2D eigenvalue weighted by atomic mass is 9.93. The molecule has 24 heavy (non-hydrogen) atoms. The quantitative estimate of drug-likeness (QED) is 0.673. The Kier molecular flexibility index (Phi) is 5.48. The van der Waals surface area contributed by atoms with Crippen LogP contribution in [0.15, 0.2) is 36.4 Å². The number of nitrogens with one attached hydrogen (secondary N) is 1. The number of rotatable bonds is 7. The van der Waals surface area contributed by atoms with Crippen molar-refractivity contribution in [2.75, 3.05) is 20.9 Å². The van der Waals surface area contributed by atoms with Crippen molar-refractivity contribution >= 4 is 22.7 Å². The number of benzene rings is 2. The molecule has 3 N–H and O–H groups in total. The number of fused-ring (bicyclic) bond motifs is 1. The summed E-state index contributed by atoms with van der Waals surface area (Å²) < 4.78 is 13.0. The fraction of sp³-hybridized carbons (Fsp3) is 0.294. The molecule has 2 aromatic carbocycles. The predicted molar refractivity (Wildman–Crippen MR) is 87.5 cm³/mol. The van der Waals surface area contributed by atoms with E-state index in [1.54, 1.807) is 43.4 Å². The van der Waals surface area contributed by atoms with Crippen molar-refractivity contribution in [3.63, 3.8) is 0 Å². The molecule has 0 bridgehead atoms. The van der Waals surface area contributed by atoms with Gasteiger partial charge in [0.05, 0.1) is 0 Å². The third-order valence-corrected chi connectivity index (χ3v) is 3.99. The Morgan fingerprint density at radius 2 is 1.62 bits per heavy atom. The van der Waals surface area contributed by atoms with E-state index >= 15 is 0 Å². The van der Waals surface area contributed by atoms with Crippen molar-refractivity contribution in [2.24, 2.45) is 0 Å². The average Bonchev–Trinajstić information content (AvgIpc) is 2.55. The number of halogens is 1. The van der Waals surface area contributed by atoms with Gasteiger partial charge in [0.2, 0.25) is 0 Å². The first-order chi connectivity index (χ1) is 11.4. The first-order valence-electron chi connectivity index (χ1n) is 7.33. The van der Waals surface area contributed by atoms with Crippen LogP contribution in [0.4, 0.5) is 4.39 Å². The molecule has 6 nitrogen and oxygen atoms in total. The fourth-order valence-electron chi connectivity index (χ4n) is 2.89. The van der Waals surface area contributed by atoms with Crippen molar-refractivity contribution in [2.45, 2.75) is 12.1 Å². The number of carboxylic acids is 2. The van der Waals surface area contributed by atoms with E-state index in [1.165, 1.54) is 7.05 Å². The van der Waals surface area contributed by atoms with E-state index in [0.717, 1.165) is 4.90 Å². The summed E-state index contributed by atoms with van der Waals surface area (Å²) >= 11 is 0. The molecule has 2 atom stereocenters. The molecule has 0 fully saturated rings. The molecule has 0 saturated carbocycles. The summed E-state index contributed by atoms with van der Waals surface area (Å²) in [6, 6.07) is 7.97. The van der Waals surface area contributed by atoms with Crippen LogP contribution in [0.2, 0.25) is 0 Å². The van der Waals surface area contributed by atoms with E-state index in [1.807, 2.05) is 0 Å². The summed E-state index contributed by atoms with van der Waals surface area (Å²) in [4.78, 5) is 24.1. The predicted octanol–water partition coefficient (Wildman–Crippen LogP) is 2.17. The van der Waals surface area contributed by atoms with E-state index in [4.69, 9.17) is 0 Å². The van der Waals surface area contributed by atoms with Crippen molar-refractivity contribution < 1.29 is 24.2 Å². The van der Waals surface area contributed by atoms with Crippen molar-refractivity contribution in [3.05, 3.63) is 47.5 Å². The minimum absolute atomic E-state index is 0.419. The number of carbonyl (C=O) groups is 2. The number of alkyl halides is 1. The molecule has 2 rings (SSSR count). The summed E-state index contributed by atoms with van der Waals surface area (Å²) in [6.07, 6.45) is 0. The Hall–Kier alpha value is -2.51. The molecule has 0 amide bonds. The first kappa shape index (κ1) is 17.8. The van der Waals surface area contributed by atoms with Gasteiger partial charge in [0.15, 0.2) is 0 Å². The lowest BCUT2D eigenvalue weighted by molar-refractivity contribution is -0.144. The molecule has 7 heteroatoms. The maximum Gasteiger partial charge on any atom is 0.325 e. The molecule has 0 heterocycles. The molecule has 2 aromatic rings. The zero-order valence-corrected chi connectivity index (χ0v) is 13.4.